The summed E-state index contributed by atoms with van der Waals surface area (Å²) in [4.78, 5) is 7.04. The van der Waals surface area contributed by atoms with E-state index in [0.29, 0.717) is 30.5 Å². The van der Waals surface area contributed by atoms with Crippen molar-refractivity contribution in [3.8, 4) is 0 Å². The van der Waals surface area contributed by atoms with Crippen LogP contribution in [0.4, 0.5) is 0 Å². The Morgan fingerprint density at radius 2 is 2.19 bits per heavy atom. The Balaban J connectivity index is 1.64. The molecule has 0 aromatic heterocycles. The van der Waals surface area contributed by atoms with E-state index in [4.69, 9.17) is 4.99 Å². The highest BCUT2D eigenvalue weighted by Gasteiger charge is 2.30. The van der Waals surface area contributed by atoms with Crippen molar-refractivity contribution in [2.24, 2.45) is 10.9 Å². The van der Waals surface area contributed by atoms with Crippen LogP contribution in [0, 0.1) is 12.8 Å². The second-order valence-electron chi connectivity index (χ2n) is 8.09. The van der Waals surface area contributed by atoms with Crippen LogP contribution in [-0.2, 0) is 9.84 Å². The van der Waals surface area contributed by atoms with Crippen LogP contribution in [0.3, 0.4) is 0 Å². The molecule has 0 spiro atoms. The van der Waals surface area contributed by atoms with Crippen molar-refractivity contribution in [1.82, 2.24) is 10.2 Å². The Labute approximate surface area is 163 Å². The second-order valence-corrected chi connectivity index (χ2v) is 10.3. The number of nitrogens with zero attached hydrogens (tertiary/aromatic N) is 2. The second kappa shape index (κ2) is 8.46. The third kappa shape index (κ3) is 5.58. The van der Waals surface area contributed by atoms with Crippen LogP contribution >= 0.6 is 0 Å². The molecule has 2 saturated heterocycles. The fraction of sp³-hybridized carbons (Fsp3) is 0.571. The molecule has 2 atom stereocenters. The maximum atomic E-state index is 11.7. The zero-order valence-corrected chi connectivity index (χ0v) is 17.3. The van der Waals surface area contributed by atoms with Gasteiger partial charge >= 0.3 is 0 Å². The van der Waals surface area contributed by atoms with Crippen LogP contribution in [-0.4, -0.2) is 57.0 Å². The minimum Gasteiger partial charge on any atom is -0.356 e. The number of hydrogen-bond acceptors (Lipinski definition) is 3. The third-order valence-corrected chi connectivity index (χ3v) is 7.21. The summed E-state index contributed by atoms with van der Waals surface area (Å²) in [5.41, 5.74) is 3.70. The molecule has 2 fully saturated rings. The molecular weight excluding hydrogens is 358 g/mol. The molecule has 148 valence electrons. The van der Waals surface area contributed by atoms with Gasteiger partial charge in [0.05, 0.1) is 18.1 Å². The minimum atomic E-state index is -2.84. The first-order chi connectivity index (χ1) is 12.8. The number of sulfone groups is 1. The molecule has 27 heavy (non-hydrogen) atoms. The van der Waals surface area contributed by atoms with E-state index in [0.717, 1.165) is 37.5 Å². The van der Waals surface area contributed by atoms with Crippen LogP contribution in [0.2, 0.25) is 0 Å². The van der Waals surface area contributed by atoms with E-state index in [9.17, 15) is 8.42 Å². The lowest BCUT2D eigenvalue weighted by Crippen LogP contribution is -2.42. The molecule has 0 amide bonds. The van der Waals surface area contributed by atoms with E-state index in [2.05, 4.69) is 48.0 Å². The van der Waals surface area contributed by atoms with Gasteiger partial charge in [0.2, 0.25) is 0 Å². The first-order valence-corrected chi connectivity index (χ1v) is 11.6. The summed E-state index contributed by atoms with van der Waals surface area (Å²) in [5, 5.41) is 3.45. The maximum Gasteiger partial charge on any atom is 0.194 e. The van der Waals surface area contributed by atoms with Gasteiger partial charge in [-0.2, -0.15) is 0 Å². The van der Waals surface area contributed by atoms with Crippen molar-refractivity contribution in [2.45, 2.75) is 32.6 Å². The van der Waals surface area contributed by atoms with Crippen molar-refractivity contribution in [2.75, 3.05) is 37.7 Å². The van der Waals surface area contributed by atoms with Gasteiger partial charge in [0.1, 0.15) is 0 Å². The fourth-order valence-electron chi connectivity index (χ4n) is 3.89. The standard InChI is InChI=1S/C21H31N3O2S/c1-16(2)12-22-21(23-13-18-8-10-27(25,26)15-18)24-9-7-20(14-24)19-6-4-5-17(3)11-19/h4-6,11,18,20H,1,7-10,12-15H2,2-3H3,(H,22,23). The van der Waals surface area contributed by atoms with Crippen LogP contribution < -0.4 is 5.32 Å². The molecule has 0 saturated carbocycles. The fourth-order valence-corrected chi connectivity index (χ4v) is 5.76. The van der Waals surface area contributed by atoms with Gasteiger partial charge in [-0.05, 0) is 38.2 Å². The molecule has 2 unspecified atom stereocenters. The Hall–Kier alpha value is -1.82. The SMILES string of the molecule is C=C(C)CN=C(NCC1CCS(=O)(=O)C1)N1CCC(c2cccc(C)c2)C1. The predicted octanol–water partition coefficient (Wildman–Crippen LogP) is 2.74. The van der Waals surface area contributed by atoms with E-state index >= 15 is 0 Å². The summed E-state index contributed by atoms with van der Waals surface area (Å²) in [5.74, 6) is 2.18. The third-order valence-electron chi connectivity index (χ3n) is 5.38. The molecule has 1 aromatic rings. The average molecular weight is 390 g/mol. The number of aryl methyl sites for hydroxylation is 1. The number of aliphatic imine (C=N–C) groups is 1. The van der Waals surface area contributed by atoms with Gasteiger partial charge in [-0.3, -0.25) is 0 Å². The van der Waals surface area contributed by atoms with Crippen LogP contribution in [0.15, 0.2) is 41.4 Å². The van der Waals surface area contributed by atoms with Crippen LogP contribution in [0.5, 0.6) is 0 Å². The van der Waals surface area contributed by atoms with Crippen molar-refractivity contribution in [1.29, 1.82) is 0 Å². The van der Waals surface area contributed by atoms with E-state index in [-0.39, 0.29) is 5.92 Å². The highest BCUT2D eigenvalue weighted by atomic mass is 32.2. The number of hydrogen-bond donors (Lipinski definition) is 1. The molecule has 0 bridgehead atoms. The van der Waals surface area contributed by atoms with E-state index in [1.165, 1.54) is 11.1 Å². The minimum absolute atomic E-state index is 0.181. The lowest BCUT2D eigenvalue weighted by Gasteiger charge is -2.23. The maximum absolute atomic E-state index is 11.7. The first-order valence-electron chi connectivity index (χ1n) is 9.77. The van der Waals surface area contributed by atoms with Crippen LogP contribution in [0.1, 0.15) is 36.8 Å². The molecule has 2 aliphatic heterocycles. The molecule has 3 rings (SSSR count). The molecular formula is C21H31N3O2S. The van der Waals surface area contributed by atoms with E-state index in [1.807, 2.05) is 6.92 Å². The number of guanidine groups is 1. The lowest BCUT2D eigenvalue weighted by molar-refractivity contribution is 0.470. The Morgan fingerprint density at radius 1 is 1.37 bits per heavy atom. The highest BCUT2D eigenvalue weighted by molar-refractivity contribution is 7.91. The predicted molar refractivity (Wildman–Crippen MR) is 112 cm³/mol. The van der Waals surface area contributed by atoms with E-state index in [1.54, 1.807) is 0 Å². The topological polar surface area (TPSA) is 61.8 Å². The summed E-state index contributed by atoms with van der Waals surface area (Å²) in [6.07, 6.45) is 1.85. The van der Waals surface area contributed by atoms with Crippen LogP contribution in [0.25, 0.3) is 0 Å². The van der Waals surface area contributed by atoms with Crippen molar-refractivity contribution < 1.29 is 8.42 Å². The van der Waals surface area contributed by atoms with E-state index < -0.39 is 9.84 Å². The Bertz CT molecular complexity index is 816. The Kier molecular flexibility index (Phi) is 6.25. The van der Waals surface area contributed by atoms with Crippen molar-refractivity contribution >= 4 is 15.8 Å². The zero-order valence-electron chi connectivity index (χ0n) is 16.4. The van der Waals surface area contributed by atoms with Crippen molar-refractivity contribution in [3.05, 3.63) is 47.5 Å². The summed E-state index contributed by atoms with van der Waals surface area (Å²) in [6, 6.07) is 8.74. The molecule has 5 nitrogen and oxygen atoms in total. The Morgan fingerprint density at radius 3 is 2.85 bits per heavy atom. The molecule has 6 heteroatoms. The van der Waals surface area contributed by atoms with Gasteiger partial charge in [-0.1, -0.05) is 42.0 Å². The zero-order chi connectivity index (χ0) is 19.4. The number of rotatable bonds is 5. The van der Waals surface area contributed by atoms with Gasteiger partial charge < -0.3 is 10.2 Å². The van der Waals surface area contributed by atoms with Crippen molar-refractivity contribution in [3.63, 3.8) is 0 Å². The number of benzene rings is 1. The van der Waals surface area contributed by atoms with Gasteiger partial charge in [-0.25, -0.2) is 13.4 Å². The lowest BCUT2D eigenvalue weighted by atomic mass is 9.97. The average Bonchev–Trinajstić information content (AvgIpc) is 3.21. The smallest absolute Gasteiger partial charge is 0.194 e. The highest BCUT2D eigenvalue weighted by Crippen LogP contribution is 2.28. The van der Waals surface area contributed by atoms with Gasteiger partial charge in [0.25, 0.3) is 0 Å². The summed E-state index contributed by atoms with van der Waals surface area (Å²) in [7, 11) is -2.84. The monoisotopic (exact) mass is 389 g/mol. The summed E-state index contributed by atoms with van der Waals surface area (Å²) < 4.78 is 23.4. The number of nitrogens with one attached hydrogen (secondary N) is 1. The molecule has 1 aromatic carbocycles. The molecule has 2 aliphatic rings. The number of likely N-dealkylation sites (tertiary alicyclic amines) is 1. The normalized spacial score (nSPS) is 25.0. The van der Waals surface area contributed by atoms with Gasteiger partial charge in [0.15, 0.2) is 15.8 Å². The van der Waals surface area contributed by atoms with Gasteiger partial charge in [-0.15, -0.1) is 0 Å². The summed E-state index contributed by atoms with van der Waals surface area (Å²) in [6.45, 7) is 11.2. The molecule has 0 radical (unpaired) electrons. The first kappa shape index (κ1) is 19.9. The summed E-state index contributed by atoms with van der Waals surface area (Å²) >= 11 is 0. The molecule has 1 N–H and O–H groups in total. The quantitative estimate of drug-likeness (QED) is 0.478. The largest absolute Gasteiger partial charge is 0.356 e. The van der Waals surface area contributed by atoms with Gasteiger partial charge in [0, 0.05) is 25.6 Å². The molecule has 0 aliphatic carbocycles. The molecule has 2 heterocycles.